The highest BCUT2D eigenvalue weighted by Gasteiger charge is 2.14. The van der Waals surface area contributed by atoms with Crippen LogP contribution in [0.15, 0.2) is 0 Å². The molecular weight excluding hydrogens is 198 g/mol. The van der Waals surface area contributed by atoms with Crippen LogP contribution in [0, 0.1) is 5.92 Å². The summed E-state index contributed by atoms with van der Waals surface area (Å²) >= 11 is 6.26. The van der Waals surface area contributed by atoms with Crippen molar-refractivity contribution in [2.45, 2.75) is 39.0 Å². The predicted octanol–water partition coefficient (Wildman–Crippen LogP) is 2.66. The number of hydrogen-bond donors (Lipinski definition) is 1. The summed E-state index contributed by atoms with van der Waals surface area (Å²) in [6.45, 7) is 9.77. The lowest BCUT2D eigenvalue weighted by Crippen LogP contribution is -2.30. The Kier molecular flexibility index (Phi) is 9.90. The first-order valence-corrected chi connectivity index (χ1v) is 6.12. The van der Waals surface area contributed by atoms with E-state index >= 15 is 0 Å². The summed E-state index contributed by atoms with van der Waals surface area (Å²) in [4.78, 5) is 0. The summed E-state index contributed by atoms with van der Waals surface area (Å²) in [5.41, 5.74) is 0. The molecule has 0 heterocycles. The Morgan fingerprint density at radius 1 is 1.21 bits per heavy atom. The molecule has 0 amide bonds. The predicted molar refractivity (Wildman–Crippen MR) is 63.1 cm³/mol. The van der Waals surface area contributed by atoms with Crippen LogP contribution < -0.4 is 5.32 Å². The van der Waals surface area contributed by atoms with Gasteiger partial charge in [0.15, 0.2) is 0 Å². The van der Waals surface area contributed by atoms with E-state index < -0.39 is 0 Å². The number of hydrogen-bond acceptors (Lipinski definition) is 2. The Morgan fingerprint density at radius 2 is 1.86 bits per heavy atom. The van der Waals surface area contributed by atoms with Crippen LogP contribution in [0.25, 0.3) is 0 Å². The molecule has 1 N–H and O–H groups in total. The monoisotopic (exact) mass is 221 g/mol. The zero-order chi connectivity index (χ0) is 10.8. The van der Waals surface area contributed by atoms with E-state index in [1.807, 2.05) is 6.92 Å². The molecule has 0 aromatic heterocycles. The van der Waals surface area contributed by atoms with Gasteiger partial charge in [0, 0.05) is 25.1 Å². The van der Waals surface area contributed by atoms with Gasteiger partial charge in [0.25, 0.3) is 0 Å². The van der Waals surface area contributed by atoms with Crippen molar-refractivity contribution in [2.75, 3.05) is 26.3 Å². The van der Waals surface area contributed by atoms with E-state index in [1.54, 1.807) is 0 Å². The number of alkyl halides is 1. The van der Waals surface area contributed by atoms with Crippen molar-refractivity contribution in [3.05, 3.63) is 0 Å². The SMILES string of the molecule is CCOCCNCC(Cl)C(CC)CC. The van der Waals surface area contributed by atoms with E-state index in [4.69, 9.17) is 16.3 Å². The molecule has 0 rings (SSSR count). The summed E-state index contributed by atoms with van der Waals surface area (Å²) in [6, 6.07) is 0. The highest BCUT2D eigenvalue weighted by molar-refractivity contribution is 6.21. The number of ether oxygens (including phenoxy) is 1. The molecule has 86 valence electrons. The van der Waals surface area contributed by atoms with E-state index in [-0.39, 0.29) is 5.38 Å². The van der Waals surface area contributed by atoms with Crippen molar-refractivity contribution in [1.29, 1.82) is 0 Å². The minimum atomic E-state index is 0.256. The third-order valence-electron chi connectivity index (χ3n) is 2.53. The highest BCUT2D eigenvalue weighted by atomic mass is 35.5. The van der Waals surface area contributed by atoms with Gasteiger partial charge in [-0.3, -0.25) is 0 Å². The lowest BCUT2D eigenvalue weighted by Gasteiger charge is -2.19. The number of nitrogens with one attached hydrogen (secondary N) is 1. The Morgan fingerprint density at radius 3 is 2.36 bits per heavy atom. The van der Waals surface area contributed by atoms with Gasteiger partial charge >= 0.3 is 0 Å². The van der Waals surface area contributed by atoms with Crippen LogP contribution in [-0.4, -0.2) is 31.7 Å². The van der Waals surface area contributed by atoms with Gasteiger partial charge in [-0.2, -0.15) is 0 Å². The van der Waals surface area contributed by atoms with Crippen LogP contribution in [0.5, 0.6) is 0 Å². The molecule has 0 aromatic carbocycles. The maximum absolute atomic E-state index is 6.26. The van der Waals surface area contributed by atoms with E-state index in [9.17, 15) is 0 Å². The van der Waals surface area contributed by atoms with Gasteiger partial charge in [-0.05, 0) is 12.8 Å². The fourth-order valence-electron chi connectivity index (χ4n) is 1.50. The van der Waals surface area contributed by atoms with Gasteiger partial charge in [0.2, 0.25) is 0 Å². The maximum atomic E-state index is 6.26. The third-order valence-corrected chi connectivity index (χ3v) is 3.04. The molecule has 0 spiro atoms. The maximum Gasteiger partial charge on any atom is 0.0590 e. The summed E-state index contributed by atoms with van der Waals surface area (Å²) in [7, 11) is 0. The van der Waals surface area contributed by atoms with Gasteiger partial charge in [0.1, 0.15) is 0 Å². The number of halogens is 1. The molecule has 1 unspecified atom stereocenters. The van der Waals surface area contributed by atoms with Crippen molar-refractivity contribution >= 4 is 11.6 Å². The first-order chi connectivity index (χ1) is 6.76. The molecular formula is C11H24ClNO. The molecule has 0 aromatic rings. The van der Waals surface area contributed by atoms with Crippen molar-refractivity contribution in [3.8, 4) is 0 Å². The minimum absolute atomic E-state index is 0.256. The molecule has 0 aliphatic heterocycles. The average molecular weight is 222 g/mol. The van der Waals surface area contributed by atoms with Crippen LogP contribution in [0.2, 0.25) is 0 Å². The summed E-state index contributed by atoms with van der Waals surface area (Å²) in [5.74, 6) is 0.635. The quantitative estimate of drug-likeness (QED) is 0.478. The largest absolute Gasteiger partial charge is 0.380 e. The summed E-state index contributed by atoms with van der Waals surface area (Å²) in [6.07, 6.45) is 2.33. The molecule has 0 radical (unpaired) electrons. The van der Waals surface area contributed by atoms with Crippen LogP contribution in [-0.2, 0) is 4.74 Å². The Hall–Kier alpha value is 0.210. The lowest BCUT2D eigenvalue weighted by atomic mass is 9.99. The van der Waals surface area contributed by atoms with Gasteiger partial charge in [-0.1, -0.05) is 26.7 Å². The van der Waals surface area contributed by atoms with E-state index in [2.05, 4.69) is 19.2 Å². The highest BCUT2D eigenvalue weighted by Crippen LogP contribution is 2.17. The molecule has 2 nitrogen and oxygen atoms in total. The van der Waals surface area contributed by atoms with Crippen LogP contribution in [0.4, 0.5) is 0 Å². The summed E-state index contributed by atoms with van der Waals surface area (Å²) in [5, 5.41) is 3.57. The topological polar surface area (TPSA) is 21.3 Å². The standard InChI is InChI=1S/C11H24ClNO/c1-4-10(5-2)11(12)9-13-7-8-14-6-3/h10-11,13H,4-9H2,1-3H3. The van der Waals surface area contributed by atoms with Crippen molar-refractivity contribution in [2.24, 2.45) is 5.92 Å². The normalized spacial score (nSPS) is 13.5. The number of rotatable bonds is 9. The minimum Gasteiger partial charge on any atom is -0.380 e. The van der Waals surface area contributed by atoms with Crippen molar-refractivity contribution < 1.29 is 4.74 Å². The second-order valence-corrected chi connectivity index (χ2v) is 4.05. The van der Waals surface area contributed by atoms with E-state index in [1.165, 1.54) is 0 Å². The zero-order valence-corrected chi connectivity index (χ0v) is 10.4. The summed E-state index contributed by atoms with van der Waals surface area (Å²) < 4.78 is 5.22. The van der Waals surface area contributed by atoms with Gasteiger partial charge < -0.3 is 10.1 Å². The zero-order valence-electron chi connectivity index (χ0n) is 9.68. The Bertz CT molecular complexity index is 118. The molecule has 3 heteroatoms. The van der Waals surface area contributed by atoms with E-state index in [0.717, 1.165) is 39.1 Å². The molecule has 0 aliphatic carbocycles. The van der Waals surface area contributed by atoms with Crippen LogP contribution in [0.1, 0.15) is 33.6 Å². The molecule has 0 fully saturated rings. The van der Waals surface area contributed by atoms with Crippen LogP contribution in [0.3, 0.4) is 0 Å². The smallest absolute Gasteiger partial charge is 0.0590 e. The average Bonchev–Trinajstić information content (AvgIpc) is 2.19. The molecule has 1 atom stereocenters. The molecule has 0 aliphatic rings. The first kappa shape index (κ1) is 14.2. The fourth-order valence-corrected chi connectivity index (χ4v) is 1.96. The first-order valence-electron chi connectivity index (χ1n) is 5.68. The Balaban J connectivity index is 3.37. The third kappa shape index (κ3) is 6.63. The lowest BCUT2D eigenvalue weighted by molar-refractivity contribution is 0.149. The molecule has 0 bridgehead atoms. The van der Waals surface area contributed by atoms with E-state index in [0.29, 0.717) is 5.92 Å². The van der Waals surface area contributed by atoms with Gasteiger partial charge in [-0.15, -0.1) is 11.6 Å². The fraction of sp³-hybridized carbons (Fsp3) is 1.00. The van der Waals surface area contributed by atoms with Crippen molar-refractivity contribution in [3.63, 3.8) is 0 Å². The van der Waals surface area contributed by atoms with Crippen molar-refractivity contribution in [1.82, 2.24) is 5.32 Å². The van der Waals surface area contributed by atoms with Gasteiger partial charge in [-0.25, -0.2) is 0 Å². The second kappa shape index (κ2) is 9.75. The molecule has 0 saturated carbocycles. The Labute approximate surface area is 93.4 Å². The molecule has 0 saturated heterocycles. The molecule has 14 heavy (non-hydrogen) atoms. The van der Waals surface area contributed by atoms with Crippen LogP contribution >= 0.6 is 11.6 Å². The van der Waals surface area contributed by atoms with Gasteiger partial charge in [0.05, 0.1) is 6.61 Å². The second-order valence-electron chi connectivity index (χ2n) is 3.49.